The zero-order chi connectivity index (χ0) is 17.4. The SMILES string of the molecule is COc1ccc(N(C)S(=O)(=O)c2c(C)c(C)cc(C)c2C)cc1. The highest BCUT2D eigenvalue weighted by Gasteiger charge is 2.26. The zero-order valence-electron chi connectivity index (χ0n) is 14.5. The lowest BCUT2D eigenvalue weighted by molar-refractivity contribution is 0.415. The average Bonchev–Trinajstić information content (AvgIpc) is 2.52. The molecule has 2 aromatic carbocycles. The Morgan fingerprint density at radius 2 is 1.39 bits per heavy atom. The summed E-state index contributed by atoms with van der Waals surface area (Å²) in [6.45, 7) is 7.59. The number of sulfonamides is 1. The van der Waals surface area contributed by atoms with Crippen LogP contribution >= 0.6 is 0 Å². The van der Waals surface area contributed by atoms with Crippen LogP contribution in [0.1, 0.15) is 22.3 Å². The number of ether oxygens (including phenoxy) is 1. The Labute approximate surface area is 138 Å². The molecule has 0 aliphatic carbocycles. The minimum absolute atomic E-state index is 0.397. The molecule has 0 bridgehead atoms. The third-order valence-electron chi connectivity index (χ3n) is 4.35. The van der Waals surface area contributed by atoms with Crippen molar-refractivity contribution in [3.63, 3.8) is 0 Å². The van der Waals surface area contributed by atoms with Crippen LogP contribution in [0, 0.1) is 27.7 Å². The molecule has 4 nitrogen and oxygen atoms in total. The van der Waals surface area contributed by atoms with Gasteiger partial charge in [0.25, 0.3) is 10.0 Å². The van der Waals surface area contributed by atoms with Crippen LogP contribution in [0.3, 0.4) is 0 Å². The highest BCUT2D eigenvalue weighted by molar-refractivity contribution is 7.92. The van der Waals surface area contributed by atoms with Gasteiger partial charge in [-0.3, -0.25) is 4.31 Å². The number of rotatable bonds is 4. The van der Waals surface area contributed by atoms with E-state index in [1.165, 1.54) is 4.31 Å². The standard InChI is InChI=1S/C18H23NO3S/c1-12-11-13(2)15(4)18(14(12)3)23(20,21)19(5)16-7-9-17(22-6)10-8-16/h7-11H,1-6H3. The first-order chi connectivity index (χ1) is 10.7. The molecule has 0 N–H and O–H groups in total. The minimum Gasteiger partial charge on any atom is -0.497 e. The van der Waals surface area contributed by atoms with Gasteiger partial charge in [-0.15, -0.1) is 0 Å². The molecule has 0 saturated carbocycles. The van der Waals surface area contributed by atoms with E-state index in [9.17, 15) is 8.42 Å². The van der Waals surface area contributed by atoms with Crippen LogP contribution in [-0.4, -0.2) is 22.6 Å². The van der Waals surface area contributed by atoms with Crippen LogP contribution in [0.25, 0.3) is 0 Å². The average molecular weight is 333 g/mol. The molecule has 2 aromatic rings. The van der Waals surface area contributed by atoms with Crippen molar-refractivity contribution in [3.8, 4) is 5.75 Å². The van der Waals surface area contributed by atoms with Gasteiger partial charge in [-0.1, -0.05) is 6.07 Å². The van der Waals surface area contributed by atoms with Crippen molar-refractivity contribution in [2.24, 2.45) is 0 Å². The Morgan fingerprint density at radius 3 is 1.83 bits per heavy atom. The molecule has 0 saturated heterocycles. The summed E-state index contributed by atoms with van der Waals surface area (Å²) >= 11 is 0. The third kappa shape index (κ3) is 3.06. The molecule has 124 valence electrons. The predicted molar refractivity (Wildman–Crippen MR) is 94.0 cm³/mol. The quantitative estimate of drug-likeness (QED) is 0.856. The first kappa shape index (κ1) is 17.3. The van der Waals surface area contributed by atoms with Crippen molar-refractivity contribution < 1.29 is 13.2 Å². The lowest BCUT2D eigenvalue weighted by Gasteiger charge is -2.23. The van der Waals surface area contributed by atoms with E-state index < -0.39 is 10.0 Å². The number of benzene rings is 2. The van der Waals surface area contributed by atoms with Gasteiger partial charge >= 0.3 is 0 Å². The van der Waals surface area contributed by atoms with Gasteiger partial charge in [-0.2, -0.15) is 0 Å². The van der Waals surface area contributed by atoms with Gasteiger partial charge in [0.1, 0.15) is 5.75 Å². The molecule has 0 aliphatic heterocycles. The van der Waals surface area contributed by atoms with Crippen molar-refractivity contribution in [2.45, 2.75) is 32.6 Å². The summed E-state index contributed by atoms with van der Waals surface area (Å²) in [4.78, 5) is 0.397. The summed E-state index contributed by atoms with van der Waals surface area (Å²) in [6.07, 6.45) is 0. The maximum atomic E-state index is 13.1. The molecular weight excluding hydrogens is 310 g/mol. The molecule has 0 aromatic heterocycles. The fraction of sp³-hybridized carbons (Fsp3) is 0.333. The molecule has 0 amide bonds. The number of hydrogen-bond donors (Lipinski definition) is 0. The minimum atomic E-state index is -3.63. The van der Waals surface area contributed by atoms with Gasteiger partial charge in [0.05, 0.1) is 17.7 Å². The van der Waals surface area contributed by atoms with Crippen molar-refractivity contribution >= 4 is 15.7 Å². The molecule has 23 heavy (non-hydrogen) atoms. The van der Waals surface area contributed by atoms with Crippen LogP contribution in [0.5, 0.6) is 5.75 Å². The highest BCUT2D eigenvalue weighted by Crippen LogP contribution is 2.31. The Morgan fingerprint density at radius 1 is 0.913 bits per heavy atom. The molecular formula is C18H23NO3S. The molecule has 0 atom stereocenters. The first-order valence-electron chi connectivity index (χ1n) is 7.40. The van der Waals surface area contributed by atoms with Gasteiger partial charge in [0.2, 0.25) is 0 Å². The molecule has 0 fully saturated rings. The highest BCUT2D eigenvalue weighted by atomic mass is 32.2. The van der Waals surface area contributed by atoms with Crippen LogP contribution in [0.4, 0.5) is 5.69 Å². The van der Waals surface area contributed by atoms with E-state index in [0.29, 0.717) is 16.3 Å². The van der Waals surface area contributed by atoms with Gasteiger partial charge < -0.3 is 4.74 Å². The monoisotopic (exact) mass is 333 g/mol. The first-order valence-corrected chi connectivity index (χ1v) is 8.84. The van der Waals surface area contributed by atoms with Gasteiger partial charge in [-0.05, 0) is 74.2 Å². The normalized spacial score (nSPS) is 11.4. The van der Waals surface area contributed by atoms with Crippen LogP contribution in [-0.2, 0) is 10.0 Å². The lowest BCUT2D eigenvalue weighted by atomic mass is 10.0. The number of hydrogen-bond acceptors (Lipinski definition) is 3. The van der Waals surface area contributed by atoms with E-state index in [1.807, 2.05) is 33.8 Å². The second-order valence-corrected chi connectivity index (χ2v) is 7.67. The maximum Gasteiger partial charge on any atom is 0.264 e. The molecule has 0 spiro atoms. The predicted octanol–water partition coefficient (Wildman–Crippen LogP) is 3.75. The van der Waals surface area contributed by atoms with E-state index in [4.69, 9.17) is 4.74 Å². The smallest absolute Gasteiger partial charge is 0.264 e. The lowest BCUT2D eigenvalue weighted by Crippen LogP contribution is -2.28. The molecule has 2 rings (SSSR count). The second kappa shape index (κ2) is 6.24. The Bertz CT molecular complexity index is 798. The molecule has 0 aliphatic rings. The number of methoxy groups -OCH3 is 1. The van der Waals surface area contributed by atoms with Crippen molar-refractivity contribution in [1.29, 1.82) is 0 Å². The molecule has 0 radical (unpaired) electrons. The summed E-state index contributed by atoms with van der Waals surface area (Å²) < 4.78 is 32.7. The number of nitrogens with zero attached hydrogens (tertiary/aromatic N) is 1. The van der Waals surface area contributed by atoms with Gasteiger partial charge in [-0.25, -0.2) is 8.42 Å². The summed E-state index contributed by atoms with van der Waals surface area (Å²) in [5, 5.41) is 0. The fourth-order valence-electron chi connectivity index (χ4n) is 2.64. The van der Waals surface area contributed by atoms with Crippen LogP contribution in [0.2, 0.25) is 0 Å². The fourth-order valence-corrected chi connectivity index (χ4v) is 4.40. The topological polar surface area (TPSA) is 46.6 Å². The Balaban J connectivity index is 2.57. The number of aryl methyl sites for hydroxylation is 2. The molecule has 0 heterocycles. The second-order valence-electron chi connectivity index (χ2n) is 5.76. The van der Waals surface area contributed by atoms with E-state index in [2.05, 4.69) is 0 Å². The third-order valence-corrected chi connectivity index (χ3v) is 6.41. The van der Waals surface area contributed by atoms with E-state index >= 15 is 0 Å². The zero-order valence-corrected chi connectivity index (χ0v) is 15.3. The molecule has 0 unspecified atom stereocenters. The number of anilines is 1. The summed E-state index contributed by atoms with van der Waals surface area (Å²) in [6, 6.07) is 9.01. The summed E-state index contributed by atoms with van der Waals surface area (Å²) in [5.41, 5.74) is 4.16. The van der Waals surface area contributed by atoms with E-state index in [0.717, 1.165) is 22.3 Å². The summed E-state index contributed by atoms with van der Waals surface area (Å²) in [5.74, 6) is 0.693. The Hall–Kier alpha value is -2.01. The van der Waals surface area contributed by atoms with E-state index in [-0.39, 0.29) is 0 Å². The van der Waals surface area contributed by atoms with Gasteiger partial charge in [0, 0.05) is 7.05 Å². The largest absolute Gasteiger partial charge is 0.497 e. The van der Waals surface area contributed by atoms with Gasteiger partial charge in [0.15, 0.2) is 0 Å². The van der Waals surface area contributed by atoms with Crippen LogP contribution in [0.15, 0.2) is 35.2 Å². The Kier molecular flexibility index (Phi) is 4.71. The summed E-state index contributed by atoms with van der Waals surface area (Å²) in [7, 11) is -0.467. The van der Waals surface area contributed by atoms with Crippen molar-refractivity contribution in [3.05, 3.63) is 52.6 Å². The molecule has 5 heteroatoms. The van der Waals surface area contributed by atoms with Crippen LogP contribution < -0.4 is 9.04 Å². The van der Waals surface area contributed by atoms with Crippen molar-refractivity contribution in [1.82, 2.24) is 0 Å². The van der Waals surface area contributed by atoms with Crippen molar-refractivity contribution in [2.75, 3.05) is 18.5 Å². The maximum absolute atomic E-state index is 13.1. The van der Waals surface area contributed by atoms with E-state index in [1.54, 1.807) is 38.4 Å².